The van der Waals surface area contributed by atoms with Crippen LogP contribution in [0.15, 0.2) is 30.5 Å². The summed E-state index contributed by atoms with van der Waals surface area (Å²) in [6.07, 6.45) is 13.8. The number of ketones is 1. The predicted octanol–water partition coefficient (Wildman–Crippen LogP) is 1.28. The second-order valence-corrected chi connectivity index (χ2v) is 16.5. The van der Waals surface area contributed by atoms with Crippen LogP contribution in [0.3, 0.4) is 0 Å². The third kappa shape index (κ3) is 6.50. The summed E-state index contributed by atoms with van der Waals surface area (Å²) in [6, 6.07) is -1.02. The Morgan fingerprint density at radius 3 is 2.67 bits per heavy atom. The van der Waals surface area contributed by atoms with E-state index in [1.54, 1.807) is 17.4 Å². The number of rotatable bonds is 9. The van der Waals surface area contributed by atoms with E-state index in [1.165, 1.54) is 19.3 Å². The number of nitrogens with zero attached hydrogens (tertiary/aromatic N) is 5. The summed E-state index contributed by atoms with van der Waals surface area (Å²) in [6.45, 7) is 4.75. The predicted molar refractivity (Wildman–Crippen MR) is 187 cm³/mol. The molecule has 9 rings (SSSR count). The Kier molecular flexibility index (Phi) is 9.87. The number of carbonyl (C=O) groups is 3. The lowest BCUT2D eigenvalue weighted by Crippen LogP contribution is -2.73. The van der Waals surface area contributed by atoms with E-state index in [0.717, 1.165) is 45.2 Å². The van der Waals surface area contributed by atoms with E-state index in [9.17, 15) is 14.4 Å². The van der Waals surface area contributed by atoms with Crippen LogP contribution in [0.4, 0.5) is 4.39 Å². The van der Waals surface area contributed by atoms with Crippen molar-refractivity contribution in [1.29, 1.82) is 0 Å². The van der Waals surface area contributed by atoms with E-state index in [-0.39, 0.29) is 66.5 Å². The summed E-state index contributed by atoms with van der Waals surface area (Å²) in [5.74, 6) is -0.299. The molecule has 2 amide bonds. The monoisotopic (exact) mass is 723 g/mol. The molecule has 0 radical (unpaired) electrons. The van der Waals surface area contributed by atoms with E-state index in [0.29, 0.717) is 57.3 Å². The standard InChI is InChI=1S/C38H54FN7O6/c39-28-16-26-34-37(35(28)45-10-6-23(20-45)42-33(47)19-40-7-3-9-43-11-8-41-22-43)52-32-17-25-24-4-1-2-5-30(24)51-31(25)18-29(32)46(34)21-27(36(26)48)38(49)44-12-14-50-15-13-44/h8,11,21-26,28-32,34-35,37,40H,1-7,9-10,12-20H2,(H,42,47)/t23-,24?,25?,26?,28?,29?,30?,31?,32?,34?,35?,37?/m1/s1. The number of likely N-dealkylation sites (tertiary alicyclic amines) is 1. The number of amides is 2. The molecule has 3 saturated carbocycles. The van der Waals surface area contributed by atoms with Crippen molar-refractivity contribution in [3.05, 3.63) is 30.5 Å². The van der Waals surface area contributed by atoms with E-state index in [1.807, 2.05) is 17.0 Å². The number of morpholine rings is 2. The topological polar surface area (TPSA) is 130 Å². The van der Waals surface area contributed by atoms with Gasteiger partial charge in [0, 0.05) is 63.3 Å². The van der Waals surface area contributed by atoms with Crippen molar-refractivity contribution in [3.8, 4) is 0 Å². The van der Waals surface area contributed by atoms with Gasteiger partial charge in [0.2, 0.25) is 5.91 Å². The molecule has 0 spiro atoms. The Labute approximate surface area is 304 Å². The van der Waals surface area contributed by atoms with Gasteiger partial charge in [-0.25, -0.2) is 9.37 Å². The highest BCUT2D eigenvalue weighted by atomic mass is 19.1. The Balaban J connectivity index is 0.917. The van der Waals surface area contributed by atoms with E-state index in [2.05, 4.69) is 25.4 Å². The Hall–Kier alpha value is -2.91. The van der Waals surface area contributed by atoms with Crippen LogP contribution in [0.2, 0.25) is 0 Å². The fourth-order valence-corrected chi connectivity index (χ4v) is 11.2. The summed E-state index contributed by atoms with van der Waals surface area (Å²) in [5, 5.41) is 6.41. The molecule has 0 bridgehead atoms. The van der Waals surface area contributed by atoms with Gasteiger partial charge < -0.3 is 39.2 Å². The number of imidazole rings is 1. The summed E-state index contributed by atoms with van der Waals surface area (Å²) in [7, 11) is 0. The van der Waals surface area contributed by atoms with Crippen molar-refractivity contribution < 1.29 is 33.0 Å². The zero-order chi connectivity index (χ0) is 35.3. The molecule has 2 N–H and O–H groups in total. The molecule has 12 atom stereocenters. The number of alkyl halides is 1. The smallest absolute Gasteiger partial charge is 0.259 e. The number of nitrogens with one attached hydrogen (secondary N) is 2. The first kappa shape index (κ1) is 34.8. The molecule has 1 aromatic heterocycles. The van der Waals surface area contributed by atoms with Crippen LogP contribution in [-0.2, 0) is 35.1 Å². The average molecular weight is 724 g/mol. The summed E-state index contributed by atoms with van der Waals surface area (Å²) in [5.41, 5.74) is 0.176. The van der Waals surface area contributed by atoms with Gasteiger partial charge in [0.15, 0.2) is 5.78 Å². The lowest BCUT2D eigenvalue weighted by molar-refractivity contribution is -0.220. The fourth-order valence-electron chi connectivity index (χ4n) is 11.2. The van der Waals surface area contributed by atoms with Crippen LogP contribution >= 0.6 is 0 Å². The second-order valence-electron chi connectivity index (χ2n) is 16.5. The number of Topliss-reactive ketones (excluding diaryl/α,β-unsaturated/α-hetero) is 1. The van der Waals surface area contributed by atoms with Gasteiger partial charge in [-0.3, -0.25) is 19.3 Å². The zero-order valence-electron chi connectivity index (χ0n) is 30.0. The van der Waals surface area contributed by atoms with Crippen LogP contribution in [0, 0.1) is 17.8 Å². The molecule has 5 aliphatic heterocycles. The lowest BCUT2D eigenvalue weighted by atomic mass is 9.67. The molecular weight excluding hydrogens is 669 g/mol. The largest absolute Gasteiger partial charge is 0.378 e. The van der Waals surface area contributed by atoms with Gasteiger partial charge >= 0.3 is 0 Å². The van der Waals surface area contributed by atoms with Crippen molar-refractivity contribution in [1.82, 2.24) is 34.9 Å². The van der Waals surface area contributed by atoms with Crippen molar-refractivity contribution in [3.63, 3.8) is 0 Å². The molecule has 14 heteroatoms. The number of carbonyl (C=O) groups excluding carboxylic acids is 3. The van der Waals surface area contributed by atoms with Crippen LogP contribution in [-0.4, -0.2) is 149 Å². The summed E-state index contributed by atoms with van der Waals surface area (Å²) in [4.78, 5) is 51.2. The second kappa shape index (κ2) is 14.7. The quantitative estimate of drug-likeness (QED) is 0.284. The van der Waals surface area contributed by atoms with Crippen molar-refractivity contribution in [2.75, 3.05) is 52.5 Å². The number of hydrogen-bond acceptors (Lipinski definition) is 10. The maximum Gasteiger partial charge on any atom is 0.259 e. The molecule has 284 valence electrons. The first-order valence-electron chi connectivity index (χ1n) is 20.0. The van der Waals surface area contributed by atoms with Crippen LogP contribution in [0.25, 0.3) is 0 Å². The molecule has 4 saturated heterocycles. The maximum absolute atomic E-state index is 16.8. The number of aromatic nitrogens is 2. The summed E-state index contributed by atoms with van der Waals surface area (Å²) >= 11 is 0. The Morgan fingerprint density at radius 1 is 0.962 bits per heavy atom. The number of hydrogen-bond donors (Lipinski definition) is 2. The van der Waals surface area contributed by atoms with Crippen molar-refractivity contribution in [2.24, 2.45) is 17.8 Å². The Morgan fingerprint density at radius 2 is 1.83 bits per heavy atom. The minimum absolute atomic E-state index is 0.0411. The summed E-state index contributed by atoms with van der Waals surface area (Å²) < 4.78 is 38.1. The third-order valence-corrected chi connectivity index (χ3v) is 13.6. The van der Waals surface area contributed by atoms with Gasteiger partial charge in [-0.05, 0) is 63.3 Å². The first-order chi connectivity index (χ1) is 25.4. The van der Waals surface area contributed by atoms with Gasteiger partial charge in [-0.1, -0.05) is 12.8 Å². The molecule has 11 unspecified atom stereocenters. The first-order valence-corrected chi connectivity index (χ1v) is 20.0. The fraction of sp³-hybridized carbons (Fsp3) is 0.789. The van der Waals surface area contributed by atoms with Gasteiger partial charge in [0.1, 0.15) is 6.17 Å². The van der Waals surface area contributed by atoms with Crippen molar-refractivity contribution in [2.45, 2.75) is 119 Å². The van der Waals surface area contributed by atoms with E-state index >= 15 is 4.39 Å². The SMILES string of the molecule is O=C(CNCCCn1ccnc1)N[C@@H]1CCN(C2C(F)CC3C(=O)C(C(=O)N4CCOCC4)=CN4C5CC6OC7CCCCC7C6CC5OC2C34)C1. The normalized spacial score (nSPS) is 40.0. The number of halogens is 1. The molecular formula is C38H54FN7O6. The lowest BCUT2D eigenvalue weighted by Gasteiger charge is -2.61. The number of aryl methyl sites for hydroxylation is 1. The maximum atomic E-state index is 16.8. The molecule has 13 nitrogen and oxygen atoms in total. The van der Waals surface area contributed by atoms with E-state index in [4.69, 9.17) is 14.2 Å². The molecule has 1 aromatic rings. The third-order valence-electron chi connectivity index (χ3n) is 13.6. The van der Waals surface area contributed by atoms with E-state index < -0.39 is 24.2 Å². The highest BCUT2D eigenvalue weighted by molar-refractivity contribution is 6.20. The molecule has 0 aromatic carbocycles. The average Bonchev–Trinajstić information content (AvgIpc) is 3.92. The molecule has 7 fully saturated rings. The molecule has 52 heavy (non-hydrogen) atoms. The zero-order valence-corrected chi connectivity index (χ0v) is 30.0. The minimum Gasteiger partial charge on any atom is -0.378 e. The minimum atomic E-state index is -1.30. The highest BCUT2D eigenvalue weighted by Gasteiger charge is 2.62. The van der Waals surface area contributed by atoms with Crippen LogP contribution < -0.4 is 10.6 Å². The van der Waals surface area contributed by atoms with Gasteiger partial charge in [0.05, 0.1) is 74.2 Å². The molecule has 6 heterocycles. The van der Waals surface area contributed by atoms with Crippen LogP contribution in [0.1, 0.15) is 57.8 Å². The molecule has 3 aliphatic carbocycles. The van der Waals surface area contributed by atoms with Crippen LogP contribution in [0.5, 0.6) is 0 Å². The Bertz CT molecular complexity index is 1510. The number of ether oxygens (including phenoxy) is 3. The van der Waals surface area contributed by atoms with Crippen molar-refractivity contribution >= 4 is 17.6 Å². The van der Waals surface area contributed by atoms with Gasteiger partial charge in [-0.15, -0.1) is 0 Å². The number of fused-ring (bicyclic) bond motifs is 5. The van der Waals surface area contributed by atoms with Gasteiger partial charge in [-0.2, -0.15) is 0 Å². The molecule has 8 aliphatic rings. The van der Waals surface area contributed by atoms with Gasteiger partial charge in [0.25, 0.3) is 5.91 Å². The highest BCUT2D eigenvalue weighted by Crippen LogP contribution is 2.53.